The van der Waals surface area contributed by atoms with Crippen LogP contribution in [0.5, 0.6) is 0 Å². The molecular formula is C17H23NO3. The van der Waals surface area contributed by atoms with Gasteiger partial charge in [-0.2, -0.15) is 0 Å². The zero-order valence-electron chi connectivity index (χ0n) is 12.9. The average Bonchev–Trinajstić information content (AvgIpc) is 2.67. The zero-order valence-corrected chi connectivity index (χ0v) is 12.9. The van der Waals surface area contributed by atoms with Crippen molar-refractivity contribution in [3.8, 4) is 0 Å². The molecule has 4 heteroatoms. The number of allylic oxidation sites excluding steroid dienone is 2. The van der Waals surface area contributed by atoms with Crippen LogP contribution in [-0.4, -0.2) is 34.5 Å². The molecule has 3 atom stereocenters. The standard InChI is InChI=1S/C17H23NO3/c1-10-4-5-12-11(6-10)7-14-13(17(12,2)3)8-15(19)18(14)9-16(20)21/h6,8,11-12,14H,4-5,7,9H2,1-3H3,(H,20,21)/t11-,12-,14+/m1/s1. The molecule has 0 aromatic carbocycles. The minimum atomic E-state index is -0.937. The van der Waals surface area contributed by atoms with E-state index in [1.54, 1.807) is 6.08 Å². The number of rotatable bonds is 2. The Morgan fingerprint density at radius 2 is 2.19 bits per heavy atom. The fourth-order valence-corrected chi connectivity index (χ4v) is 4.60. The summed E-state index contributed by atoms with van der Waals surface area (Å²) in [5, 5.41) is 9.06. The second kappa shape index (κ2) is 4.72. The minimum absolute atomic E-state index is 0.0340. The molecule has 0 radical (unpaired) electrons. The van der Waals surface area contributed by atoms with E-state index in [0.29, 0.717) is 11.8 Å². The van der Waals surface area contributed by atoms with Crippen LogP contribution in [0.3, 0.4) is 0 Å². The lowest BCUT2D eigenvalue weighted by Crippen LogP contribution is -2.49. The summed E-state index contributed by atoms with van der Waals surface area (Å²) in [5.74, 6) is -0.0579. The maximum absolute atomic E-state index is 12.2. The van der Waals surface area contributed by atoms with Gasteiger partial charge in [0.25, 0.3) is 0 Å². The van der Waals surface area contributed by atoms with Crippen LogP contribution in [0.15, 0.2) is 23.3 Å². The van der Waals surface area contributed by atoms with E-state index in [-0.39, 0.29) is 23.9 Å². The van der Waals surface area contributed by atoms with Gasteiger partial charge in [-0.1, -0.05) is 25.5 Å². The van der Waals surface area contributed by atoms with Crippen LogP contribution in [0, 0.1) is 17.3 Å². The van der Waals surface area contributed by atoms with Crippen molar-refractivity contribution < 1.29 is 14.7 Å². The zero-order chi connectivity index (χ0) is 15.4. The third kappa shape index (κ3) is 2.21. The van der Waals surface area contributed by atoms with Gasteiger partial charge in [-0.25, -0.2) is 0 Å². The lowest BCUT2D eigenvalue weighted by atomic mass is 9.56. The van der Waals surface area contributed by atoms with Crippen LogP contribution in [0.2, 0.25) is 0 Å². The summed E-state index contributed by atoms with van der Waals surface area (Å²) in [4.78, 5) is 24.8. The van der Waals surface area contributed by atoms with Crippen LogP contribution in [0.4, 0.5) is 0 Å². The first-order valence-electron chi connectivity index (χ1n) is 7.72. The van der Waals surface area contributed by atoms with Crippen molar-refractivity contribution in [2.24, 2.45) is 17.3 Å². The first kappa shape index (κ1) is 14.4. The second-order valence-electron chi connectivity index (χ2n) is 7.25. The third-order valence-corrected chi connectivity index (χ3v) is 5.63. The van der Waals surface area contributed by atoms with Crippen LogP contribution in [-0.2, 0) is 9.59 Å². The fraction of sp³-hybridized carbons (Fsp3) is 0.647. The Hall–Kier alpha value is -1.58. The summed E-state index contributed by atoms with van der Waals surface area (Å²) < 4.78 is 0. The highest BCUT2D eigenvalue weighted by Gasteiger charge is 2.51. The van der Waals surface area contributed by atoms with E-state index in [2.05, 4.69) is 26.8 Å². The monoisotopic (exact) mass is 289 g/mol. The lowest BCUT2D eigenvalue weighted by molar-refractivity contribution is -0.143. The van der Waals surface area contributed by atoms with Crippen molar-refractivity contribution in [3.63, 3.8) is 0 Å². The highest BCUT2D eigenvalue weighted by Crippen LogP contribution is 2.54. The molecule has 1 saturated carbocycles. The molecule has 1 N–H and O–H groups in total. The molecule has 2 aliphatic carbocycles. The Balaban J connectivity index is 1.96. The van der Waals surface area contributed by atoms with Crippen LogP contribution in [0.25, 0.3) is 0 Å². The molecule has 0 bridgehead atoms. The molecule has 114 valence electrons. The number of amides is 1. The summed E-state index contributed by atoms with van der Waals surface area (Å²) in [7, 11) is 0. The van der Waals surface area contributed by atoms with Crippen molar-refractivity contribution in [1.82, 2.24) is 4.90 Å². The van der Waals surface area contributed by atoms with Gasteiger partial charge in [0, 0.05) is 6.08 Å². The predicted molar refractivity (Wildman–Crippen MR) is 79.6 cm³/mol. The van der Waals surface area contributed by atoms with Gasteiger partial charge in [-0.05, 0) is 49.0 Å². The Labute approximate surface area is 125 Å². The van der Waals surface area contributed by atoms with Crippen molar-refractivity contribution in [2.45, 2.75) is 46.1 Å². The maximum atomic E-state index is 12.2. The number of hydrogen-bond donors (Lipinski definition) is 1. The first-order chi connectivity index (χ1) is 9.80. The van der Waals surface area contributed by atoms with Crippen molar-refractivity contribution >= 4 is 11.9 Å². The predicted octanol–water partition coefficient (Wildman–Crippen LogP) is 2.61. The highest BCUT2D eigenvalue weighted by atomic mass is 16.4. The lowest BCUT2D eigenvalue weighted by Gasteiger charge is -2.50. The summed E-state index contributed by atoms with van der Waals surface area (Å²) in [6.45, 7) is 6.41. The van der Waals surface area contributed by atoms with E-state index < -0.39 is 5.97 Å². The quantitative estimate of drug-likeness (QED) is 0.795. The van der Waals surface area contributed by atoms with Crippen LogP contribution >= 0.6 is 0 Å². The SMILES string of the molecule is CC1=C[C@@H]2C[C@H]3C(=CC(=O)N3CC(=O)O)C(C)(C)[C@@H]2CC1. The molecule has 4 nitrogen and oxygen atoms in total. The largest absolute Gasteiger partial charge is 0.480 e. The number of hydrogen-bond acceptors (Lipinski definition) is 2. The van der Waals surface area contributed by atoms with Gasteiger partial charge in [0.05, 0.1) is 6.04 Å². The molecule has 3 aliphatic rings. The number of carboxylic acids is 1. The smallest absolute Gasteiger partial charge is 0.323 e. The number of aliphatic carboxylic acids is 1. The third-order valence-electron chi connectivity index (χ3n) is 5.63. The summed E-state index contributed by atoms with van der Waals surface area (Å²) in [6, 6.07) is -0.0352. The van der Waals surface area contributed by atoms with E-state index in [1.165, 1.54) is 10.5 Å². The molecule has 1 heterocycles. The van der Waals surface area contributed by atoms with Gasteiger partial charge >= 0.3 is 5.97 Å². The fourth-order valence-electron chi connectivity index (χ4n) is 4.60. The van der Waals surface area contributed by atoms with E-state index in [0.717, 1.165) is 24.8 Å². The Morgan fingerprint density at radius 3 is 2.86 bits per heavy atom. The van der Waals surface area contributed by atoms with Gasteiger partial charge < -0.3 is 10.0 Å². The topological polar surface area (TPSA) is 57.6 Å². The molecule has 0 unspecified atom stereocenters. The van der Waals surface area contributed by atoms with Gasteiger partial charge in [0.1, 0.15) is 6.54 Å². The number of carboxylic acid groups (broad SMARTS) is 1. The van der Waals surface area contributed by atoms with E-state index in [1.807, 2.05) is 0 Å². The Bertz CT molecular complexity index is 558. The van der Waals surface area contributed by atoms with E-state index in [9.17, 15) is 9.59 Å². The van der Waals surface area contributed by atoms with E-state index >= 15 is 0 Å². The van der Waals surface area contributed by atoms with Crippen LogP contribution in [0.1, 0.15) is 40.0 Å². The summed E-state index contributed by atoms with van der Waals surface area (Å²) >= 11 is 0. The number of fused-ring (bicyclic) bond motifs is 2. The summed E-state index contributed by atoms with van der Waals surface area (Å²) in [5.41, 5.74) is 2.53. The molecule has 1 amide bonds. The van der Waals surface area contributed by atoms with Crippen LogP contribution < -0.4 is 0 Å². The Kier molecular flexibility index (Phi) is 3.23. The van der Waals surface area contributed by atoms with Crippen molar-refractivity contribution in [1.29, 1.82) is 0 Å². The average molecular weight is 289 g/mol. The number of carbonyl (C=O) groups excluding carboxylic acids is 1. The summed E-state index contributed by atoms with van der Waals surface area (Å²) in [6.07, 6.45) is 7.23. The molecule has 0 saturated heterocycles. The molecular weight excluding hydrogens is 266 g/mol. The molecule has 1 aliphatic heterocycles. The molecule has 0 spiro atoms. The molecule has 0 aromatic rings. The minimum Gasteiger partial charge on any atom is -0.480 e. The van der Waals surface area contributed by atoms with Gasteiger partial charge in [-0.15, -0.1) is 0 Å². The number of nitrogens with zero attached hydrogens (tertiary/aromatic N) is 1. The first-order valence-corrected chi connectivity index (χ1v) is 7.72. The van der Waals surface area contributed by atoms with Crippen molar-refractivity contribution in [2.75, 3.05) is 6.54 Å². The van der Waals surface area contributed by atoms with E-state index in [4.69, 9.17) is 5.11 Å². The second-order valence-corrected chi connectivity index (χ2v) is 7.25. The number of carbonyl (C=O) groups is 2. The maximum Gasteiger partial charge on any atom is 0.323 e. The van der Waals surface area contributed by atoms with Gasteiger partial charge in [-0.3, -0.25) is 9.59 Å². The normalized spacial score (nSPS) is 34.0. The molecule has 21 heavy (non-hydrogen) atoms. The molecule has 1 fully saturated rings. The van der Waals surface area contributed by atoms with Gasteiger partial charge in [0.2, 0.25) is 5.91 Å². The molecule has 3 rings (SSSR count). The van der Waals surface area contributed by atoms with Gasteiger partial charge in [0.15, 0.2) is 0 Å². The van der Waals surface area contributed by atoms with Crippen molar-refractivity contribution in [3.05, 3.63) is 23.3 Å². The molecule has 0 aromatic heterocycles. The highest BCUT2D eigenvalue weighted by molar-refractivity contribution is 5.94. The Morgan fingerprint density at radius 1 is 1.48 bits per heavy atom.